The molecule has 25 heavy (non-hydrogen) atoms. The summed E-state index contributed by atoms with van der Waals surface area (Å²) in [5, 5.41) is 12.5. The minimum absolute atomic E-state index is 0. The molecule has 0 atom stereocenters. The minimum atomic E-state index is -4.59. The molecule has 0 aliphatic carbocycles. The van der Waals surface area contributed by atoms with Gasteiger partial charge in [-0.1, -0.05) is 50.5 Å². The molecule has 0 saturated carbocycles. The average Bonchev–Trinajstić information content (AvgIpc) is 2.54. The van der Waals surface area contributed by atoms with Crippen LogP contribution < -0.4 is 61.2 Å². The second-order valence-electron chi connectivity index (χ2n) is 5.58. The zero-order chi connectivity index (χ0) is 17.6. The Labute approximate surface area is 191 Å². The Bertz CT molecular complexity index is 776. The van der Waals surface area contributed by atoms with Gasteiger partial charge in [-0.2, -0.15) is 8.42 Å². The molecule has 7 heteroatoms. The molecule has 0 spiro atoms. The standard InChI is InChI=1S/C18H22O5S.K/c1-2-3-4-6-9-14-12-13-16(24(20,21)22)17(19)18(14)23-15-10-7-5-8-11-15;/h5,7-8,10-13,19H,2-4,6,9H2,1H3,(H,20,21,22);/q;+1/p-1. The van der Waals surface area contributed by atoms with E-state index in [0.29, 0.717) is 17.7 Å². The van der Waals surface area contributed by atoms with Crippen molar-refractivity contribution in [1.82, 2.24) is 0 Å². The van der Waals surface area contributed by atoms with E-state index < -0.39 is 20.8 Å². The molecule has 0 aliphatic rings. The second kappa shape index (κ2) is 10.7. The van der Waals surface area contributed by atoms with Gasteiger partial charge >= 0.3 is 51.4 Å². The molecule has 5 nitrogen and oxygen atoms in total. The van der Waals surface area contributed by atoms with Gasteiger partial charge < -0.3 is 9.84 Å². The molecule has 0 saturated heterocycles. The van der Waals surface area contributed by atoms with Crippen molar-refractivity contribution in [3.63, 3.8) is 0 Å². The normalized spacial score (nSPS) is 11.0. The van der Waals surface area contributed by atoms with Crippen molar-refractivity contribution < 1.29 is 74.2 Å². The molecule has 1 N–H and O–H groups in total. The van der Waals surface area contributed by atoms with Crippen LogP contribution >= 0.6 is 0 Å². The Morgan fingerprint density at radius 3 is 2.32 bits per heavy atom. The second-order valence-corrected chi connectivity index (χ2v) is 6.97. The quantitative estimate of drug-likeness (QED) is 0.413. The molecule has 0 aliphatic heterocycles. The topological polar surface area (TPSA) is 86.7 Å². The van der Waals surface area contributed by atoms with E-state index in [1.807, 2.05) is 6.07 Å². The van der Waals surface area contributed by atoms with Gasteiger partial charge in [0, 0.05) is 0 Å². The first-order chi connectivity index (χ1) is 11.4. The Hall–Kier alpha value is -0.414. The number of hydrogen-bond donors (Lipinski definition) is 1. The van der Waals surface area contributed by atoms with Crippen LogP contribution in [0.3, 0.4) is 0 Å². The number of hydrogen-bond acceptors (Lipinski definition) is 4. The molecule has 2 rings (SSSR count). The fourth-order valence-electron chi connectivity index (χ4n) is 2.45. The zero-order valence-electron chi connectivity index (χ0n) is 14.6. The number of para-hydroxylation sites is 1. The van der Waals surface area contributed by atoms with Crippen molar-refractivity contribution in [3.05, 3.63) is 48.0 Å². The molecule has 130 valence electrons. The fourth-order valence-corrected chi connectivity index (χ4v) is 3.01. The van der Waals surface area contributed by atoms with Crippen molar-refractivity contribution in [2.45, 2.75) is 43.9 Å². The fraction of sp³-hybridized carbons (Fsp3) is 0.333. The summed E-state index contributed by atoms with van der Waals surface area (Å²) in [4.78, 5) is -0.661. The van der Waals surface area contributed by atoms with E-state index in [1.54, 1.807) is 24.3 Å². The smallest absolute Gasteiger partial charge is 0.869 e. The summed E-state index contributed by atoms with van der Waals surface area (Å²) >= 11 is 0. The zero-order valence-corrected chi connectivity index (χ0v) is 18.5. The molecule has 0 aromatic heterocycles. The monoisotopic (exact) mass is 388 g/mol. The van der Waals surface area contributed by atoms with Gasteiger partial charge in [0.1, 0.15) is 11.5 Å². The van der Waals surface area contributed by atoms with Gasteiger partial charge in [-0.15, -0.1) is 0 Å². The van der Waals surface area contributed by atoms with Gasteiger partial charge in [-0.05, 0) is 42.4 Å². The maximum Gasteiger partial charge on any atom is 1.00 e. The maximum atomic E-state index is 12.5. The Kier molecular flexibility index (Phi) is 9.65. The van der Waals surface area contributed by atoms with Crippen molar-refractivity contribution in [3.8, 4) is 17.2 Å². The first kappa shape index (κ1) is 22.6. The summed E-state index contributed by atoms with van der Waals surface area (Å²) in [5.74, 6) is -0.404. The van der Waals surface area contributed by atoms with E-state index in [-0.39, 0.29) is 57.1 Å². The summed E-state index contributed by atoms with van der Waals surface area (Å²) in [6.45, 7) is 2.11. The predicted molar refractivity (Wildman–Crippen MR) is 90.1 cm³/mol. The van der Waals surface area contributed by atoms with Gasteiger partial charge in [0.25, 0.3) is 10.1 Å². The summed E-state index contributed by atoms with van der Waals surface area (Å²) in [6, 6.07) is 11.4. The first-order valence-corrected chi connectivity index (χ1v) is 9.40. The number of benzene rings is 2. The molecule has 0 radical (unpaired) electrons. The Balaban J connectivity index is 0.00000312. The largest absolute Gasteiger partial charge is 1.00 e. The summed E-state index contributed by atoms with van der Waals surface area (Å²) in [7, 11) is -4.59. The van der Waals surface area contributed by atoms with E-state index >= 15 is 0 Å². The van der Waals surface area contributed by atoms with E-state index in [0.717, 1.165) is 31.7 Å². The average molecular weight is 389 g/mol. The van der Waals surface area contributed by atoms with E-state index in [2.05, 4.69) is 6.92 Å². The molecule has 0 fully saturated rings. The number of ether oxygens (including phenoxy) is 1. The molecule has 0 amide bonds. The van der Waals surface area contributed by atoms with Crippen LogP contribution in [0.5, 0.6) is 17.2 Å². The van der Waals surface area contributed by atoms with E-state index in [1.165, 1.54) is 6.07 Å². The summed E-state index contributed by atoms with van der Waals surface area (Å²) in [5.41, 5.74) is 0.646. The Morgan fingerprint density at radius 2 is 1.72 bits per heavy atom. The number of unbranched alkanes of at least 4 members (excludes halogenated alkanes) is 3. The molecular formula is C18H21KO5S. The number of rotatable bonds is 8. The van der Waals surface area contributed by atoms with Crippen LogP contribution in [-0.4, -0.2) is 13.0 Å². The Morgan fingerprint density at radius 1 is 1.04 bits per heavy atom. The summed E-state index contributed by atoms with van der Waals surface area (Å²) < 4.78 is 37.6. The molecule has 0 heterocycles. The van der Waals surface area contributed by atoms with Crippen molar-refractivity contribution in [2.24, 2.45) is 0 Å². The molecule has 2 aromatic rings. The molecule has 2 aromatic carbocycles. The van der Waals surface area contributed by atoms with Crippen LogP contribution in [0.15, 0.2) is 47.4 Å². The van der Waals surface area contributed by atoms with Crippen LogP contribution in [-0.2, 0) is 16.5 Å². The van der Waals surface area contributed by atoms with Crippen molar-refractivity contribution in [2.75, 3.05) is 0 Å². The van der Waals surface area contributed by atoms with Crippen molar-refractivity contribution in [1.29, 1.82) is 0 Å². The molecular weight excluding hydrogens is 367 g/mol. The van der Waals surface area contributed by atoms with Crippen molar-refractivity contribution >= 4 is 10.1 Å². The van der Waals surface area contributed by atoms with Gasteiger partial charge in [-0.3, -0.25) is 4.55 Å². The first-order valence-electron chi connectivity index (χ1n) is 7.96. The minimum Gasteiger partial charge on any atom is -0.869 e. The third kappa shape index (κ3) is 6.67. The predicted octanol–water partition coefficient (Wildman–Crippen LogP) is 0.926. The summed E-state index contributed by atoms with van der Waals surface area (Å²) in [6.07, 6.45) is 4.71. The number of aryl methyl sites for hydroxylation is 1. The third-order valence-corrected chi connectivity index (χ3v) is 4.58. The van der Waals surface area contributed by atoms with Gasteiger partial charge in [0.05, 0.1) is 4.90 Å². The maximum absolute atomic E-state index is 12.5. The van der Waals surface area contributed by atoms with E-state index in [4.69, 9.17) is 4.74 Å². The van der Waals surface area contributed by atoms with Crippen LogP contribution in [0.4, 0.5) is 0 Å². The SMILES string of the molecule is CCCCCCc1ccc(S(=O)(=O)O)c([O-])c1Oc1ccccc1.[K+]. The van der Waals surface area contributed by atoms with Gasteiger partial charge in [0.2, 0.25) is 0 Å². The van der Waals surface area contributed by atoms with Gasteiger partial charge in [-0.25, -0.2) is 0 Å². The van der Waals surface area contributed by atoms with Gasteiger partial charge in [0.15, 0.2) is 0 Å². The van der Waals surface area contributed by atoms with E-state index in [9.17, 15) is 18.1 Å². The third-order valence-electron chi connectivity index (χ3n) is 3.70. The molecule has 0 bridgehead atoms. The van der Waals surface area contributed by atoms with Crippen LogP contribution in [0.25, 0.3) is 0 Å². The van der Waals surface area contributed by atoms with Crippen LogP contribution in [0.1, 0.15) is 38.2 Å². The van der Waals surface area contributed by atoms with Crippen LogP contribution in [0, 0.1) is 0 Å². The molecule has 0 unspecified atom stereocenters. The van der Waals surface area contributed by atoms with Crippen LogP contribution in [0.2, 0.25) is 0 Å².